The molecule has 9 heteroatoms. The van der Waals surface area contributed by atoms with E-state index < -0.39 is 33.8 Å². The number of hydrogen-bond donors (Lipinski definition) is 0. The fraction of sp³-hybridized carbons (Fsp3) is 0.932. The molecule has 0 aromatic rings. The summed E-state index contributed by atoms with van der Waals surface area (Å²) >= 11 is 0. The monoisotopic (exact) mass is 815 g/mol. The Morgan fingerprint density at radius 3 is 0.849 bits per heavy atom. The van der Waals surface area contributed by atoms with Crippen LogP contribution in [0.2, 0.25) is 60.4 Å². The highest BCUT2D eigenvalue weighted by molar-refractivity contribution is 6.92. The van der Waals surface area contributed by atoms with E-state index in [9.17, 15) is 4.79 Å². The first-order chi connectivity index (χ1) is 25.5. The maximum Gasteiger partial charge on any atom is 0.469 e. The molecule has 0 saturated heterocycles. The Morgan fingerprint density at radius 1 is 0.396 bits per heavy atom. The van der Waals surface area contributed by atoms with Gasteiger partial charge in [0.15, 0.2) is 25.0 Å². The fourth-order valence-electron chi connectivity index (χ4n) is 8.01. The van der Waals surface area contributed by atoms with Gasteiger partial charge in [0.25, 0.3) is 0 Å². The lowest BCUT2D eigenvalue weighted by Crippen LogP contribution is -2.65. The van der Waals surface area contributed by atoms with Crippen LogP contribution in [0.25, 0.3) is 0 Å². The van der Waals surface area contributed by atoms with Gasteiger partial charge in [-0.15, -0.1) is 0 Å². The summed E-state index contributed by atoms with van der Waals surface area (Å²) in [5.41, 5.74) is 0.472. The Hall–Kier alpha value is -0.0425. The number of esters is 1. The van der Waals surface area contributed by atoms with Gasteiger partial charge in [0.1, 0.15) is 0 Å². The molecule has 0 radical (unpaired) electrons. The van der Waals surface area contributed by atoms with Crippen molar-refractivity contribution in [3.05, 3.63) is 12.2 Å². The number of carbonyl (C=O) groups excluding carboxylic acids is 1. The third kappa shape index (κ3) is 22.5. The Morgan fingerprint density at radius 2 is 0.642 bits per heavy atom. The third-order valence-corrected chi connectivity index (χ3v) is 32.7. The first-order valence-corrected chi connectivity index (χ1v) is 32.9. The van der Waals surface area contributed by atoms with E-state index in [1.807, 2.05) is 0 Å². The highest BCUT2D eigenvalue weighted by Crippen LogP contribution is 2.43. The molecule has 0 spiro atoms. The van der Waals surface area contributed by atoms with Crippen LogP contribution in [0.5, 0.6) is 0 Å². The smallest absolute Gasteiger partial charge is 0.462 e. The molecular weight excluding hydrogens is 721 g/mol. The van der Waals surface area contributed by atoms with E-state index in [0.29, 0.717) is 12.2 Å². The molecule has 0 fully saturated rings. The molecule has 0 aromatic carbocycles. The topological polar surface area (TPSA) is 54.0 Å². The molecule has 0 bridgehead atoms. The third-order valence-electron chi connectivity index (χ3n) is 11.4. The Bertz CT molecular complexity index is 752. The summed E-state index contributed by atoms with van der Waals surface area (Å²) in [5, 5.41) is 0. The Kier molecular flexibility index (Phi) is 31.9. The minimum atomic E-state index is -3.22. The van der Waals surface area contributed by atoms with E-state index in [-0.39, 0.29) is 5.97 Å². The molecule has 0 aromatic heterocycles. The predicted octanol–water partition coefficient (Wildman–Crippen LogP) is 15.9. The standard InChI is InChI=1S/C44H94O5Si4/c1-12-21-33-50(34-22-13-2,35-23-14-3)47-53(42-31-30-32-46-44(45)43(10)11,48-51(36-24-15-4,37-25-16-5)38-26-17-6)49-52(39-27-18-7,40-28-19-8)41-29-20-9/h10,12-42H2,1-9,11H3. The van der Waals surface area contributed by atoms with Crippen molar-refractivity contribution in [3.8, 4) is 0 Å². The predicted molar refractivity (Wildman–Crippen MR) is 244 cm³/mol. The summed E-state index contributed by atoms with van der Waals surface area (Å²) in [4.78, 5) is 12.4. The average Bonchev–Trinajstić information content (AvgIpc) is 3.16. The quantitative estimate of drug-likeness (QED) is 0.0268. The van der Waals surface area contributed by atoms with Crippen LogP contribution < -0.4 is 0 Å². The summed E-state index contributed by atoms with van der Waals surface area (Å²) in [6.07, 6.45) is 23.9. The van der Waals surface area contributed by atoms with Crippen LogP contribution in [-0.4, -0.2) is 46.3 Å². The van der Waals surface area contributed by atoms with Crippen LogP contribution in [-0.2, 0) is 21.9 Å². The molecule has 0 aliphatic carbocycles. The zero-order valence-corrected chi connectivity index (χ0v) is 41.7. The SMILES string of the molecule is C=C(C)C(=O)OCCCC[Si](O[Si](CCCC)(CCCC)CCCC)(O[Si](CCCC)(CCCC)CCCC)O[Si](CCCC)(CCCC)CCCC. The molecule has 0 aliphatic heterocycles. The second-order valence-electron chi connectivity index (χ2n) is 16.8. The zero-order valence-electron chi connectivity index (χ0n) is 37.7. The van der Waals surface area contributed by atoms with Crippen LogP contribution in [0.1, 0.15) is 198 Å². The molecule has 0 N–H and O–H groups in total. The highest BCUT2D eigenvalue weighted by Gasteiger charge is 2.56. The molecule has 5 nitrogen and oxygen atoms in total. The average molecular weight is 816 g/mol. The van der Waals surface area contributed by atoms with Crippen molar-refractivity contribution >= 4 is 39.7 Å². The van der Waals surface area contributed by atoms with Gasteiger partial charge in [0.05, 0.1) is 6.61 Å². The lowest BCUT2D eigenvalue weighted by atomic mass is 10.3. The first-order valence-electron chi connectivity index (χ1n) is 23.4. The maximum atomic E-state index is 12.4. The van der Waals surface area contributed by atoms with E-state index in [1.54, 1.807) is 6.92 Å². The van der Waals surface area contributed by atoms with E-state index in [4.69, 9.17) is 17.1 Å². The lowest BCUT2D eigenvalue weighted by Gasteiger charge is -2.50. The Labute approximate surface area is 337 Å². The maximum absolute atomic E-state index is 12.4. The molecule has 0 unspecified atom stereocenters. The van der Waals surface area contributed by atoms with E-state index in [1.165, 1.54) is 170 Å². The van der Waals surface area contributed by atoms with E-state index >= 15 is 0 Å². The van der Waals surface area contributed by atoms with Crippen LogP contribution >= 0.6 is 0 Å². The van der Waals surface area contributed by atoms with Crippen molar-refractivity contribution < 1.29 is 21.9 Å². The van der Waals surface area contributed by atoms with Gasteiger partial charge >= 0.3 is 14.8 Å². The van der Waals surface area contributed by atoms with E-state index in [0.717, 1.165) is 18.9 Å². The number of unbranched alkanes of at least 4 members (excludes halogenated alkanes) is 10. The summed E-state index contributed by atoms with van der Waals surface area (Å²) in [6.45, 7) is 27.2. The first kappa shape index (κ1) is 53.0. The van der Waals surface area contributed by atoms with Crippen molar-refractivity contribution in [2.24, 2.45) is 0 Å². The van der Waals surface area contributed by atoms with Gasteiger partial charge in [-0.1, -0.05) is 184 Å². The minimum absolute atomic E-state index is 0.280. The second-order valence-corrected chi connectivity index (χ2v) is 32.8. The molecule has 0 saturated carbocycles. The summed E-state index contributed by atoms with van der Waals surface area (Å²) in [6, 6.07) is 12.0. The van der Waals surface area contributed by atoms with Crippen molar-refractivity contribution in [1.82, 2.24) is 0 Å². The molecule has 53 heavy (non-hydrogen) atoms. The molecule has 0 aliphatic rings. The van der Waals surface area contributed by atoms with Gasteiger partial charge in [-0.2, -0.15) is 0 Å². The van der Waals surface area contributed by atoms with Crippen LogP contribution in [0.4, 0.5) is 0 Å². The molecular formula is C44H94O5Si4. The molecule has 0 heterocycles. The van der Waals surface area contributed by atoms with Crippen molar-refractivity contribution in [3.63, 3.8) is 0 Å². The zero-order chi connectivity index (χ0) is 39.9. The van der Waals surface area contributed by atoms with Gasteiger partial charge < -0.3 is 17.1 Å². The molecule has 0 atom stereocenters. The highest BCUT2D eigenvalue weighted by atomic mass is 28.5. The van der Waals surface area contributed by atoms with Gasteiger partial charge in [-0.3, -0.25) is 0 Å². The van der Waals surface area contributed by atoms with E-state index in [2.05, 4.69) is 68.9 Å². The largest absolute Gasteiger partial charge is 0.469 e. The van der Waals surface area contributed by atoms with Gasteiger partial charge in [0, 0.05) is 11.6 Å². The number of rotatable bonds is 39. The van der Waals surface area contributed by atoms with Crippen molar-refractivity contribution in [2.75, 3.05) is 6.61 Å². The molecule has 0 amide bonds. The van der Waals surface area contributed by atoms with Crippen molar-refractivity contribution in [2.45, 2.75) is 258 Å². The molecule has 316 valence electrons. The Balaban J connectivity index is 7.92. The number of carbonyl (C=O) groups is 1. The summed E-state index contributed by atoms with van der Waals surface area (Å²) in [7, 11) is -9.89. The normalized spacial score (nSPS) is 12.8. The fourth-order valence-corrected chi connectivity index (χ4v) is 34.4. The number of hydrogen-bond acceptors (Lipinski definition) is 5. The molecule has 0 rings (SSSR count). The summed E-state index contributed by atoms with van der Waals surface area (Å²) < 4.78 is 30.8. The minimum Gasteiger partial charge on any atom is -0.462 e. The van der Waals surface area contributed by atoms with Crippen LogP contribution in [0.3, 0.4) is 0 Å². The number of ether oxygens (including phenoxy) is 1. The van der Waals surface area contributed by atoms with Crippen LogP contribution in [0, 0.1) is 0 Å². The van der Waals surface area contributed by atoms with Crippen molar-refractivity contribution in [1.29, 1.82) is 0 Å². The van der Waals surface area contributed by atoms with Gasteiger partial charge in [-0.25, -0.2) is 4.79 Å². The van der Waals surface area contributed by atoms with Crippen LogP contribution in [0.15, 0.2) is 12.2 Å². The summed E-state index contributed by atoms with van der Waals surface area (Å²) in [5.74, 6) is -0.280. The second kappa shape index (κ2) is 32.0. The lowest BCUT2D eigenvalue weighted by molar-refractivity contribution is -0.139. The van der Waals surface area contributed by atoms with Gasteiger partial charge in [-0.05, 0) is 74.2 Å². The van der Waals surface area contributed by atoms with Gasteiger partial charge in [0.2, 0.25) is 0 Å².